The van der Waals surface area contributed by atoms with E-state index in [0.717, 1.165) is 44.9 Å². The Morgan fingerprint density at radius 3 is 2.34 bits per heavy atom. The van der Waals surface area contributed by atoms with Crippen molar-refractivity contribution in [3.05, 3.63) is 0 Å². The van der Waals surface area contributed by atoms with Gasteiger partial charge in [-0.2, -0.15) is 0 Å². The molecule has 1 unspecified atom stereocenters. The summed E-state index contributed by atoms with van der Waals surface area (Å²) < 4.78 is 0. The highest BCUT2D eigenvalue weighted by Crippen LogP contribution is 2.68. The molecule has 0 heterocycles. The van der Waals surface area contributed by atoms with Crippen molar-refractivity contribution in [2.24, 2.45) is 46.3 Å². The van der Waals surface area contributed by atoms with Gasteiger partial charge in [0.25, 0.3) is 0 Å². The molecule has 0 aliphatic heterocycles. The minimum atomic E-state index is -0.768. The van der Waals surface area contributed by atoms with Crippen LogP contribution in [0.2, 0.25) is 0 Å². The van der Waals surface area contributed by atoms with Crippen molar-refractivity contribution in [1.82, 2.24) is 0 Å². The summed E-state index contributed by atoms with van der Waals surface area (Å²) in [5, 5.41) is 41.6. The van der Waals surface area contributed by atoms with Gasteiger partial charge in [0.15, 0.2) is 0 Å². The first kappa shape index (κ1) is 21.6. The maximum absolute atomic E-state index is 11.3. The van der Waals surface area contributed by atoms with Crippen LogP contribution >= 0.6 is 0 Å². The number of aliphatic hydroxyl groups excluding tert-OH is 3. The van der Waals surface area contributed by atoms with E-state index in [2.05, 4.69) is 20.8 Å². The molecule has 0 bridgehead atoms. The van der Waals surface area contributed by atoms with E-state index in [4.69, 9.17) is 5.11 Å². The van der Waals surface area contributed by atoms with Crippen LogP contribution in [0.15, 0.2) is 0 Å². The first-order valence-corrected chi connectivity index (χ1v) is 11.8. The van der Waals surface area contributed by atoms with E-state index < -0.39 is 12.1 Å². The Morgan fingerprint density at radius 1 is 0.966 bits per heavy atom. The normalized spacial score (nSPS) is 52.9. The molecule has 4 rings (SSSR count). The molecule has 5 heteroatoms. The third-order valence-electron chi connectivity index (χ3n) is 10.2. The van der Waals surface area contributed by atoms with Crippen LogP contribution in [0.1, 0.15) is 78.6 Å². The van der Waals surface area contributed by atoms with Gasteiger partial charge in [0.1, 0.15) is 0 Å². The topological polar surface area (TPSA) is 98.0 Å². The molecule has 0 aromatic carbocycles. The Labute approximate surface area is 174 Å². The number of aliphatic hydroxyl groups is 3. The van der Waals surface area contributed by atoms with Gasteiger partial charge < -0.3 is 20.4 Å². The van der Waals surface area contributed by atoms with Crippen LogP contribution in [0.25, 0.3) is 0 Å². The maximum Gasteiger partial charge on any atom is 0.303 e. The summed E-state index contributed by atoms with van der Waals surface area (Å²) in [6.45, 7) is 6.81. The van der Waals surface area contributed by atoms with Crippen molar-refractivity contribution in [3.8, 4) is 0 Å². The number of aliphatic carboxylic acids is 1. The van der Waals surface area contributed by atoms with E-state index in [1.165, 1.54) is 0 Å². The summed E-state index contributed by atoms with van der Waals surface area (Å²) in [5.74, 6) is 0.881. The second kappa shape index (κ2) is 7.49. The van der Waals surface area contributed by atoms with E-state index in [-0.39, 0.29) is 47.2 Å². The van der Waals surface area contributed by atoms with Gasteiger partial charge >= 0.3 is 5.97 Å². The molecule has 11 atom stereocenters. The van der Waals surface area contributed by atoms with Crippen LogP contribution in [0.3, 0.4) is 0 Å². The molecule has 4 aliphatic rings. The Hall–Kier alpha value is -0.650. The Morgan fingerprint density at radius 2 is 1.66 bits per heavy atom. The minimum Gasteiger partial charge on any atom is -0.481 e. The highest BCUT2D eigenvalue weighted by molar-refractivity contribution is 5.66. The quantitative estimate of drug-likeness (QED) is 0.571. The Kier molecular flexibility index (Phi) is 5.57. The minimum absolute atomic E-state index is 0.0309. The molecule has 4 aliphatic carbocycles. The molecule has 4 saturated carbocycles. The molecule has 0 saturated heterocycles. The lowest BCUT2D eigenvalue weighted by Crippen LogP contribution is -2.58. The Bertz CT molecular complexity index is 637. The summed E-state index contributed by atoms with van der Waals surface area (Å²) in [4.78, 5) is 11.1. The maximum atomic E-state index is 11.3. The zero-order chi connectivity index (χ0) is 21.1. The third-order valence-corrected chi connectivity index (χ3v) is 10.2. The molecule has 29 heavy (non-hydrogen) atoms. The van der Waals surface area contributed by atoms with E-state index in [1.807, 2.05) is 0 Å². The van der Waals surface area contributed by atoms with Gasteiger partial charge in [0.05, 0.1) is 18.3 Å². The average Bonchev–Trinajstić information content (AvgIpc) is 2.91. The number of carboxylic acids is 1. The first-order chi connectivity index (χ1) is 13.6. The summed E-state index contributed by atoms with van der Waals surface area (Å²) in [7, 11) is 0. The second-order valence-electron chi connectivity index (χ2n) is 11.5. The third kappa shape index (κ3) is 3.36. The molecule has 0 spiro atoms. The number of hydrogen-bond donors (Lipinski definition) is 4. The van der Waals surface area contributed by atoms with Crippen LogP contribution in [-0.4, -0.2) is 44.7 Å². The van der Waals surface area contributed by atoms with Gasteiger partial charge in [-0.1, -0.05) is 20.8 Å². The molecule has 4 N–H and O–H groups in total. The largest absolute Gasteiger partial charge is 0.481 e. The average molecular weight is 409 g/mol. The van der Waals surface area contributed by atoms with E-state index in [9.17, 15) is 20.1 Å². The molecule has 4 fully saturated rings. The molecule has 0 aromatic heterocycles. The lowest BCUT2D eigenvalue weighted by atomic mass is 9.43. The SMILES string of the molecule is C[C@H](CCC(=O)O)[C@H]1[C@H](O)C[C@H]2[C@@H]3[C@H](O)CC4C[C@H](O)CC[C@]4(C)[C@H]3CC[C@]12C. The van der Waals surface area contributed by atoms with Gasteiger partial charge in [0, 0.05) is 6.42 Å². The van der Waals surface area contributed by atoms with Crippen LogP contribution in [0.4, 0.5) is 0 Å². The fraction of sp³-hybridized carbons (Fsp3) is 0.958. The smallest absolute Gasteiger partial charge is 0.303 e. The van der Waals surface area contributed by atoms with Crippen LogP contribution in [0, 0.1) is 46.3 Å². The lowest BCUT2D eigenvalue weighted by Gasteiger charge is -2.62. The van der Waals surface area contributed by atoms with Crippen molar-refractivity contribution >= 4 is 5.97 Å². The zero-order valence-corrected chi connectivity index (χ0v) is 18.3. The van der Waals surface area contributed by atoms with Crippen molar-refractivity contribution in [3.63, 3.8) is 0 Å². The van der Waals surface area contributed by atoms with Gasteiger partial charge in [-0.15, -0.1) is 0 Å². The zero-order valence-electron chi connectivity index (χ0n) is 18.3. The van der Waals surface area contributed by atoms with Gasteiger partial charge in [-0.25, -0.2) is 0 Å². The van der Waals surface area contributed by atoms with Crippen LogP contribution < -0.4 is 0 Å². The van der Waals surface area contributed by atoms with Crippen molar-refractivity contribution in [2.75, 3.05) is 0 Å². The molecule has 0 amide bonds. The fourth-order valence-electron chi connectivity index (χ4n) is 8.82. The monoisotopic (exact) mass is 408 g/mol. The number of fused-ring (bicyclic) bond motifs is 5. The standard InChI is InChI=1S/C24H40O5/c1-13(4-5-20(28)29)22-19(27)12-17-21-16(7-9-24(17,22)3)23(2)8-6-15(25)10-14(23)11-18(21)26/h13-19,21-22,25-27H,4-12H2,1-3H3,(H,28,29)/t13-,14?,15-,16+,17+,18-,19-,21-,22+,23+,24+/m1/s1. The van der Waals surface area contributed by atoms with Crippen LogP contribution in [0.5, 0.6) is 0 Å². The van der Waals surface area contributed by atoms with Gasteiger partial charge in [-0.05, 0) is 97.7 Å². The molecular weight excluding hydrogens is 368 g/mol. The lowest BCUT2D eigenvalue weighted by molar-refractivity contribution is -0.174. The first-order valence-electron chi connectivity index (χ1n) is 11.8. The molecule has 0 radical (unpaired) electrons. The predicted molar refractivity (Wildman–Crippen MR) is 110 cm³/mol. The number of rotatable bonds is 4. The number of carboxylic acid groups (broad SMARTS) is 1. The van der Waals surface area contributed by atoms with Gasteiger partial charge in [-0.3, -0.25) is 4.79 Å². The summed E-state index contributed by atoms with van der Waals surface area (Å²) in [5.41, 5.74) is 0.152. The van der Waals surface area contributed by atoms with Crippen LogP contribution in [-0.2, 0) is 4.79 Å². The van der Waals surface area contributed by atoms with Crippen molar-refractivity contribution < 1.29 is 25.2 Å². The second-order valence-corrected chi connectivity index (χ2v) is 11.5. The van der Waals surface area contributed by atoms with Crippen molar-refractivity contribution in [2.45, 2.75) is 96.9 Å². The fourth-order valence-corrected chi connectivity index (χ4v) is 8.82. The van der Waals surface area contributed by atoms with Gasteiger partial charge in [0.2, 0.25) is 0 Å². The highest BCUT2D eigenvalue weighted by atomic mass is 16.4. The van der Waals surface area contributed by atoms with E-state index >= 15 is 0 Å². The van der Waals surface area contributed by atoms with E-state index in [1.54, 1.807) is 0 Å². The molecule has 5 nitrogen and oxygen atoms in total. The van der Waals surface area contributed by atoms with E-state index in [0.29, 0.717) is 24.2 Å². The number of hydrogen-bond acceptors (Lipinski definition) is 4. The summed E-state index contributed by atoms with van der Waals surface area (Å²) >= 11 is 0. The molecule has 166 valence electrons. The molecular formula is C24H40O5. The van der Waals surface area contributed by atoms with Crippen molar-refractivity contribution in [1.29, 1.82) is 0 Å². The highest BCUT2D eigenvalue weighted by Gasteiger charge is 2.64. The number of carbonyl (C=O) groups is 1. The Balaban J connectivity index is 1.59. The summed E-state index contributed by atoms with van der Waals surface area (Å²) in [6, 6.07) is 0. The predicted octanol–water partition coefficient (Wildman–Crippen LogP) is 3.45. The summed E-state index contributed by atoms with van der Waals surface area (Å²) in [6.07, 6.45) is 6.14. The molecule has 0 aromatic rings.